The van der Waals surface area contributed by atoms with Crippen LogP contribution in [0.3, 0.4) is 0 Å². The fraction of sp³-hybridized carbons (Fsp3) is 0.526. The van der Waals surface area contributed by atoms with Gasteiger partial charge in [-0.3, -0.25) is 14.3 Å². The Kier molecular flexibility index (Phi) is 5.95. The second kappa shape index (κ2) is 8.39. The van der Waals surface area contributed by atoms with Crippen LogP contribution in [-0.2, 0) is 11.3 Å². The van der Waals surface area contributed by atoms with Crippen molar-refractivity contribution in [3.63, 3.8) is 0 Å². The van der Waals surface area contributed by atoms with Crippen LogP contribution in [0.2, 0.25) is 0 Å². The number of carbonyl (C=O) groups is 2. The van der Waals surface area contributed by atoms with Crippen molar-refractivity contribution >= 4 is 23.3 Å². The van der Waals surface area contributed by atoms with Gasteiger partial charge in [0.15, 0.2) is 5.69 Å². The van der Waals surface area contributed by atoms with Gasteiger partial charge in [0.05, 0.1) is 12.6 Å². The summed E-state index contributed by atoms with van der Waals surface area (Å²) >= 11 is 0. The van der Waals surface area contributed by atoms with E-state index in [9.17, 15) is 4.79 Å². The van der Waals surface area contributed by atoms with Gasteiger partial charge in [0, 0.05) is 30.6 Å². The molecule has 2 bridgehead atoms. The number of rotatable bonds is 4. The molecular formula is C19H26N4O4. The van der Waals surface area contributed by atoms with Gasteiger partial charge in [-0.05, 0) is 50.9 Å². The van der Waals surface area contributed by atoms with Crippen LogP contribution in [0.25, 0.3) is 10.9 Å². The number of carbonyl (C=O) groups excluding carboxylic acids is 1. The third-order valence-electron chi connectivity index (χ3n) is 5.45. The summed E-state index contributed by atoms with van der Waals surface area (Å²) in [5, 5.41) is 15.6. The van der Waals surface area contributed by atoms with E-state index in [2.05, 4.69) is 15.3 Å². The molecule has 8 heteroatoms. The molecule has 5 rings (SSSR count). The lowest BCUT2D eigenvalue weighted by Crippen LogP contribution is -2.57. The van der Waals surface area contributed by atoms with Crippen LogP contribution in [-0.4, -0.2) is 65.0 Å². The van der Waals surface area contributed by atoms with Crippen LogP contribution < -0.4 is 10.1 Å². The standard InChI is InChI=1S/C18H24N4O2.CH2O2/c1-3-22-16-10-13(24-2)4-5-14(16)17(20-22)18(23)19-15-11-21-8-6-12(15)7-9-21;2-1-3/h4-5,10,12,15H,3,6-9,11H2,1-2H3,(H,19,23);1H,(H,2,3)/t15-;/m1./s1. The van der Waals surface area contributed by atoms with E-state index in [-0.39, 0.29) is 18.4 Å². The Morgan fingerprint density at radius 1 is 1.41 bits per heavy atom. The average Bonchev–Trinajstić information content (AvgIpc) is 3.07. The van der Waals surface area contributed by atoms with Gasteiger partial charge >= 0.3 is 0 Å². The molecule has 1 amide bonds. The number of carboxylic acid groups (broad SMARTS) is 1. The number of hydrogen-bond acceptors (Lipinski definition) is 5. The molecule has 0 spiro atoms. The van der Waals surface area contributed by atoms with Crippen LogP contribution in [0, 0.1) is 5.92 Å². The van der Waals surface area contributed by atoms with E-state index in [0.29, 0.717) is 11.6 Å². The summed E-state index contributed by atoms with van der Waals surface area (Å²) in [6, 6.07) is 6.00. The molecule has 2 aromatic rings. The van der Waals surface area contributed by atoms with Crippen LogP contribution in [0.1, 0.15) is 30.3 Å². The third-order valence-corrected chi connectivity index (χ3v) is 5.45. The molecule has 3 saturated heterocycles. The van der Waals surface area contributed by atoms with E-state index < -0.39 is 0 Å². The second-order valence-electron chi connectivity index (χ2n) is 6.87. The summed E-state index contributed by atoms with van der Waals surface area (Å²) in [7, 11) is 1.65. The smallest absolute Gasteiger partial charge is 0.290 e. The lowest BCUT2D eigenvalue weighted by atomic mass is 9.84. The fourth-order valence-electron chi connectivity index (χ4n) is 4.05. The number of fused-ring (bicyclic) bond motifs is 4. The molecule has 27 heavy (non-hydrogen) atoms. The number of amides is 1. The average molecular weight is 374 g/mol. The molecule has 8 nitrogen and oxygen atoms in total. The topological polar surface area (TPSA) is 96.7 Å². The first-order valence-electron chi connectivity index (χ1n) is 9.26. The minimum atomic E-state index is -0.250. The van der Waals surface area contributed by atoms with Crippen molar-refractivity contribution in [1.29, 1.82) is 0 Å². The lowest BCUT2D eigenvalue weighted by molar-refractivity contribution is -0.122. The molecule has 0 saturated carbocycles. The van der Waals surface area contributed by atoms with E-state index in [1.54, 1.807) is 7.11 Å². The summed E-state index contributed by atoms with van der Waals surface area (Å²) in [6.45, 7) is 5.81. The van der Waals surface area contributed by atoms with E-state index in [1.807, 2.05) is 29.8 Å². The van der Waals surface area contributed by atoms with Gasteiger partial charge in [-0.15, -0.1) is 0 Å². The number of nitrogens with zero attached hydrogens (tertiary/aromatic N) is 3. The number of aromatic nitrogens is 2. The van der Waals surface area contributed by atoms with E-state index in [4.69, 9.17) is 14.6 Å². The number of benzene rings is 1. The van der Waals surface area contributed by atoms with Crippen molar-refractivity contribution in [3.8, 4) is 5.75 Å². The highest BCUT2D eigenvalue weighted by molar-refractivity contribution is 6.05. The van der Waals surface area contributed by atoms with E-state index in [1.165, 1.54) is 25.9 Å². The van der Waals surface area contributed by atoms with Gasteiger partial charge in [-0.1, -0.05) is 0 Å². The van der Waals surface area contributed by atoms with E-state index >= 15 is 0 Å². The first-order chi connectivity index (χ1) is 13.1. The molecule has 1 atom stereocenters. The number of piperidine rings is 3. The Bertz CT molecular complexity index is 811. The van der Waals surface area contributed by atoms with Gasteiger partial charge in [-0.25, -0.2) is 0 Å². The van der Waals surface area contributed by atoms with Gasteiger partial charge in [0.2, 0.25) is 0 Å². The number of aryl methyl sites for hydroxylation is 1. The normalized spacial score (nSPS) is 23.4. The van der Waals surface area contributed by atoms with Crippen molar-refractivity contribution in [3.05, 3.63) is 23.9 Å². The Morgan fingerprint density at radius 2 is 2.11 bits per heavy atom. The molecular weight excluding hydrogens is 348 g/mol. The summed E-state index contributed by atoms with van der Waals surface area (Å²) in [5.41, 5.74) is 1.46. The molecule has 4 heterocycles. The highest BCUT2D eigenvalue weighted by Gasteiger charge is 2.35. The van der Waals surface area contributed by atoms with Gasteiger partial charge < -0.3 is 20.1 Å². The minimum Gasteiger partial charge on any atom is -0.497 e. The SMILES string of the molecule is CCn1nc(C(=O)N[C@@H]2CN3CCC2CC3)c2ccc(OC)cc21.O=CO. The summed E-state index contributed by atoms with van der Waals surface area (Å²) in [4.78, 5) is 23.7. The molecule has 1 aromatic carbocycles. The Hall–Kier alpha value is -2.61. The van der Waals surface area contributed by atoms with Gasteiger partial charge in [-0.2, -0.15) is 5.10 Å². The predicted molar refractivity (Wildman–Crippen MR) is 101 cm³/mol. The zero-order chi connectivity index (χ0) is 19.4. The van der Waals surface area contributed by atoms with Crippen LogP contribution in [0.4, 0.5) is 0 Å². The largest absolute Gasteiger partial charge is 0.497 e. The monoisotopic (exact) mass is 374 g/mol. The van der Waals surface area contributed by atoms with Gasteiger partial charge in [0.25, 0.3) is 12.4 Å². The minimum absolute atomic E-state index is 0.0592. The fourth-order valence-corrected chi connectivity index (χ4v) is 4.05. The molecule has 3 aliphatic heterocycles. The molecule has 3 aliphatic rings. The highest BCUT2D eigenvalue weighted by Crippen LogP contribution is 2.28. The molecule has 146 valence electrons. The van der Waals surface area contributed by atoms with Crippen molar-refractivity contribution in [2.45, 2.75) is 32.4 Å². The van der Waals surface area contributed by atoms with Crippen LogP contribution in [0.15, 0.2) is 18.2 Å². The summed E-state index contributed by atoms with van der Waals surface area (Å²) in [5.74, 6) is 1.33. The van der Waals surface area contributed by atoms with Gasteiger partial charge in [0.1, 0.15) is 5.75 Å². The molecule has 0 radical (unpaired) electrons. The summed E-state index contributed by atoms with van der Waals surface area (Å²) < 4.78 is 7.16. The Balaban J connectivity index is 0.000000659. The highest BCUT2D eigenvalue weighted by atomic mass is 16.5. The Labute approximate surface area is 158 Å². The third kappa shape index (κ3) is 3.90. The first-order valence-corrected chi connectivity index (χ1v) is 9.26. The number of ether oxygens (including phenoxy) is 1. The molecule has 2 N–H and O–H groups in total. The molecule has 3 fully saturated rings. The lowest BCUT2D eigenvalue weighted by Gasteiger charge is -2.44. The quantitative estimate of drug-likeness (QED) is 0.789. The van der Waals surface area contributed by atoms with Crippen molar-refractivity contribution in [2.24, 2.45) is 5.92 Å². The number of hydrogen-bond donors (Lipinski definition) is 2. The van der Waals surface area contributed by atoms with Crippen molar-refractivity contribution in [2.75, 3.05) is 26.7 Å². The van der Waals surface area contributed by atoms with E-state index in [0.717, 1.165) is 29.7 Å². The van der Waals surface area contributed by atoms with Crippen LogP contribution in [0.5, 0.6) is 5.75 Å². The molecule has 1 aromatic heterocycles. The van der Waals surface area contributed by atoms with Crippen molar-refractivity contribution < 1.29 is 19.4 Å². The Morgan fingerprint density at radius 3 is 2.67 bits per heavy atom. The maximum atomic E-state index is 12.9. The zero-order valence-electron chi connectivity index (χ0n) is 15.7. The van der Waals surface area contributed by atoms with Crippen LogP contribution >= 0.6 is 0 Å². The predicted octanol–water partition coefficient (Wildman–Crippen LogP) is 1.59. The second-order valence-corrected chi connectivity index (χ2v) is 6.87. The molecule has 0 unspecified atom stereocenters. The molecule has 0 aliphatic carbocycles. The number of methoxy groups -OCH3 is 1. The maximum Gasteiger partial charge on any atom is 0.290 e. The maximum absolute atomic E-state index is 12.9. The first kappa shape index (κ1) is 19.2. The van der Waals surface area contributed by atoms with Crippen molar-refractivity contribution in [1.82, 2.24) is 20.0 Å². The zero-order valence-corrected chi connectivity index (χ0v) is 15.7. The number of nitrogens with one attached hydrogen (secondary N) is 1. The summed E-state index contributed by atoms with van der Waals surface area (Å²) in [6.07, 6.45) is 2.37.